The van der Waals surface area contributed by atoms with Gasteiger partial charge < -0.3 is 9.84 Å². The Hall–Kier alpha value is -0.520. The van der Waals surface area contributed by atoms with Gasteiger partial charge in [0.1, 0.15) is 0 Å². The lowest BCUT2D eigenvalue weighted by molar-refractivity contribution is -0.0105. The number of aliphatic hydroxyl groups excluding tert-OH is 1. The third-order valence-corrected chi connectivity index (χ3v) is 1.62. The van der Waals surface area contributed by atoms with Gasteiger partial charge in [-0.25, -0.2) is 0 Å². The summed E-state index contributed by atoms with van der Waals surface area (Å²) in [7, 11) is 1.61. The largest absolute Gasteiger partial charge is 0.389 e. The second-order valence-corrected chi connectivity index (χ2v) is 2.38. The molecule has 2 heteroatoms. The van der Waals surface area contributed by atoms with E-state index in [1.165, 1.54) is 0 Å². The number of methoxy groups -OCH3 is 1. The summed E-state index contributed by atoms with van der Waals surface area (Å²) in [6.45, 7) is 3.75. The van der Waals surface area contributed by atoms with Crippen molar-refractivity contribution in [2.45, 2.75) is 38.9 Å². The van der Waals surface area contributed by atoms with Crippen molar-refractivity contribution < 1.29 is 9.84 Å². The molecule has 0 spiro atoms. The van der Waals surface area contributed by atoms with Gasteiger partial charge >= 0.3 is 0 Å². The Kier molecular flexibility index (Phi) is 5.91. The SMILES string of the molecule is CC#CCC(O)C(CC)OC. The molecule has 0 rings (SSSR count). The van der Waals surface area contributed by atoms with Crippen LogP contribution >= 0.6 is 0 Å². The highest BCUT2D eigenvalue weighted by Crippen LogP contribution is 2.05. The molecule has 0 amide bonds. The van der Waals surface area contributed by atoms with E-state index in [0.29, 0.717) is 6.42 Å². The van der Waals surface area contributed by atoms with Gasteiger partial charge in [0.2, 0.25) is 0 Å². The van der Waals surface area contributed by atoms with Crippen molar-refractivity contribution in [3.8, 4) is 11.8 Å². The van der Waals surface area contributed by atoms with Gasteiger partial charge in [-0.05, 0) is 13.3 Å². The van der Waals surface area contributed by atoms with E-state index in [4.69, 9.17) is 4.74 Å². The Labute approximate surface area is 68.6 Å². The zero-order chi connectivity index (χ0) is 8.69. The maximum absolute atomic E-state index is 9.41. The summed E-state index contributed by atoms with van der Waals surface area (Å²) in [4.78, 5) is 0. The fourth-order valence-electron chi connectivity index (χ4n) is 0.934. The number of aliphatic hydroxyl groups is 1. The van der Waals surface area contributed by atoms with E-state index in [-0.39, 0.29) is 6.10 Å². The van der Waals surface area contributed by atoms with Crippen LogP contribution in [0.2, 0.25) is 0 Å². The van der Waals surface area contributed by atoms with E-state index >= 15 is 0 Å². The van der Waals surface area contributed by atoms with Gasteiger partial charge in [0.05, 0.1) is 12.2 Å². The predicted octanol–water partition coefficient (Wildman–Crippen LogP) is 1.19. The van der Waals surface area contributed by atoms with Gasteiger partial charge in [0, 0.05) is 13.5 Å². The fraction of sp³-hybridized carbons (Fsp3) is 0.778. The van der Waals surface area contributed by atoms with Crippen molar-refractivity contribution in [1.82, 2.24) is 0 Å². The van der Waals surface area contributed by atoms with Gasteiger partial charge in [-0.3, -0.25) is 0 Å². The van der Waals surface area contributed by atoms with Gasteiger partial charge in [0.15, 0.2) is 0 Å². The highest BCUT2D eigenvalue weighted by Gasteiger charge is 2.14. The Bertz CT molecular complexity index is 139. The van der Waals surface area contributed by atoms with E-state index in [9.17, 15) is 5.11 Å². The van der Waals surface area contributed by atoms with Crippen LogP contribution in [-0.4, -0.2) is 24.4 Å². The molecule has 0 aliphatic heterocycles. The molecule has 64 valence electrons. The molecule has 1 N–H and O–H groups in total. The summed E-state index contributed by atoms with van der Waals surface area (Å²) in [5, 5.41) is 9.41. The zero-order valence-electron chi connectivity index (χ0n) is 7.42. The molecule has 2 unspecified atom stereocenters. The first-order valence-corrected chi connectivity index (χ1v) is 3.86. The molecular weight excluding hydrogens is 140 g/mol. The predicted molar refractivity (Wildman–Crippen MR) is 45.2 cm³/mol. The van der Waals surface area contributed by atoms with Gasteiger partial charge in [-0.2, -0.15) is 0 Å². The molecule has 0 heterocycles. The maximum atomic E-state index is 9.41. The molecule has 0 saturated heterocycles. The monoisotopic (exact) mass is 156 g/mol. The Balaban J connectivity index is 3.74. The topological polar surface area (TPSA) is 29.5 Å². The molecule has 0 saturated carbocycles. The molecule has 0 aromatic rings. The van der Waals surface area contributed by atoms with Crippen molar-refractivity contribution in [1.29, 1.82) is 0 Å². The molecule has 11 heavy (non-hydrogen) atoms. The van der Waals surface area contributed by atoms with Gasteiger partial charge in [0.25, 0.3) is 0 Å². The van der Waals surface area contributed by atoms with Crippen LogP contribution in [0.4, 0.5) is 0 Å². The molecule has 0 aliphatic carbocycles. The highest BCUT2D eigenvalue weighted by atomic mass is 16.5. The average Bonchev–Trinajstić information content (AvgIpc) is 2.03. The lowest BCUT2D eigenvalue weighted by atomic mass is 10.1. The van der Waals surface area contributed by atoms with Crippen LogP contribution in [0.5, 0.6) is 0 Å². The van der Waals surface area contributed by atoms with Crippen LogP contribution in [0, 0.1) is 11.8 Å². The molecule has 0 radical (unpaired) electrons. The van der Waals surface area contributed by atoms with E-state index < -0.39 is 6.10 Å². The van der Waals surface area contributed by atoms with Crippen LogP contribution in [0.1, 0.15) is 26.7 Å². The second-order valence-electron chi connectivity index (χ2n) is 2.38. The first-order valence-electron chi connectivity index (χ1n) is 3.86. The van der Waals surface area contributed by atoms with Crippen molar-refractivity contribution in [3.05, 3.63) is 0 Å². The number of hydrogen-bond donors (Lipinski definition) is 1. The summed E-state index contributed by atoms with van der Waals surface area (Å²) in [6, 6.07) is 0. The van der Waals surface area contributed by atoms with Gasteiger partial charge in [-0.1, -0.05) is 6.92 Å². The zero-order valence-corrected chi connectivity index (χ0v) is 7.42. The maximum Gasteiger partial charge on any atom is 0.0910 e. The van der Waals surface area contributed by atoms with Crippen LogP contribution in [0.15, 0.2) is 0 Å². The minimum absolute atomic E-state index is 0.0733. The molecular formula is C9H16O2. The van der Waals surface area contributed by atoms with E-state index in [2.05, 4.69) is 11.8 Å². The van der Waals surface area contributed by atoms with Crippen LogP contribution in [-0.2, 0) is 4.74 Å². The third-order valence-electron chi connectivity index (χ3n) is 1.62. The van der Waals surface area contributed by atoms with E-state index in [0.717, 1.165) is 6.42 Å². The molecule has 0 bridgehead atoms. The number of ether oxygens (including phenoxy) is 1. The highest BCUT2D eigenvalue weighted by molar-refractivity contribution is 4.97. The van der Waals surface area contributed by atoms with Crippen LogP contribution in [0.25, 0.3) is 0 Å². The summed E-state index contributed by atoms with van der Waals surface area (Å²) in [6.07, 6.45) is 0.805. The van der Waals surface area contributed by atoms with Crippen molar-refractivity contribution >= 4 is 0 Å². The summed E-state index contributed by atoms with van der Waals surface area (Å²) < 4.78 is 5.04. The molecule has 0 aromatic carbocycles. The van der Waals surface area contributed by atoms with Crippen LogP contribution < -0.4 is 0 Å². The summed E-state index contributed by atoms with van der Waals surface area (Å²) in [5.41, 5.74) is 0. The Morgan fingerprint density at radius 1 is 1.55 bits per heavy atom. The van der Waals surface area contributed by atoms with Crippen molar-refractivity contribution in [3.63, 3.8) is 0 Å². The molecule has 2 atom stereocenters. The first-order chi connectivity index (χ1) is 5.26. The molecule has 0 aliphatic rings. The lowest BCUT2D eigenvalue weighted by Gasteiger charge is -2.17. The van der Waals surface area contributed by atoms with Gasteiger partial charge in [-0.15, -0.1) is 11.8 Å². The first kappa shape index (κ1) is 10.5. The molecule has 0 aromatic heterocycles. The van der Waals surface area contributed by atoms with E-state index in [1.54, 1.807) is 14.0 Å². The van der Waals surface area contributed by atoms with Crippen molar-refractivity contribution in [2.75, 3.05) is 7.11 Å². The smallest absolute Gasteiger partial charge is 0.0910 e. The minimum atomic E-state index is -0.447. The third kappa shape index (κ3) is 4.02. The molecule has 2 nitrogen and oxygen atoms in total. The van der Waals surface area contributed by atoms with Crippen molar-refractivity contribution in [2.24, 2.45) is 0 Å². The number of hydrogen-bond acceptors (Lipinski definition) is 2. The summed E-state index contributed by atoms with van der Waals surface area (Å²) >= 11 is 0. The quantitative estimate of drug-likeness (QED) is 0.619. The molecule has 0 fully saturated rings. The Morgan fingerprint density at radius 2 is 2.18 bits per heavy atom. The standard InChI is InChI=1S/C9H16O2/c1-4-6-7-8(10)9(5-2)11-3/h8-10H,5,7H2,1-3H3. The Morgan fingerprint density at radius 3 is 2.55 bits per heavy atom. The van der Waals surface area contributed by atoms with E-state index in [1.807, 2.05) is 6.92 Å². The minimum Gasteiger partial charge on any atom is -0.389 e. The lowest BCUT2D eigenvalue weighted by Crippen LogP contribution is -2.26. The summed E-state index contributed by atoms with van der Waals surface area (Å²) in [5.74, 6) is 5.55. The second kappa shape index (κ2) is 6.21. The average molecular weight is 156 g/mol. The number of rotatable bonds is 4. The normalized spacial score (nSPS) is 14.9. The van der Waals surface area contributed by atoms with Crippen LogP contribution in [0.3, 0.4) is 0 Å². The fourth-order valence-corrected chi connectivity index (χ4v) is 0.934.